The van der Waals surface area contributed by atoms with Crippen molar-refractivity contribution in [3.05, 3.63) is 35.0 Å². The quantitative estimate of drug-likeness (QED) is 0.500. The summed E-state index contributed by atoms with van der Waals surface area (Å²) in [6, 6.07) is 5.96. The Morgan fingerprint density at radius 2 is 1.97 bits per heavy atom. The van der Waals surface area contributed by atoms with Crippen LogP contribution >= 0.6 is 11.6 Å². The highest BCUT2D eigenvalue weighted by Gasteiger charge is 2.28. The predicted molar refractivity (Wildman–Crippen MR) is 129 cm³/mol. The number of hydrogen-bond donors (Lipinski definition) is 4. The van der Waals surface area contributed by atoms with E-state index in [4.69, 9.17) is 11.6 Å². The van der Waals surface area contributed by atoms with Crippen LogP contribution in [0.25, 0.3) is 0 Å². The lowest BCUT2D eigenvalue weighted by molar-refractivity contribution is 0.379. The van der Waals surface area contributed by atoms with Gasteiger partial charge in [-0.05, 0) is 30.5 Å². The average molecular weight is 480 g/mol. The molecule has 32 heavy (non-hydrogen) atoms. The van der Waals surface area contributed by atoms with Crippen molar-refractivity contribution in [3.8, 4) is 0 Å². The van der Waals surface area contributed by atoms with Gasteiger partial charge in [-0.3, -0.25) is 0 Å². The summed E-state index contributed by atoms with van der Waals surface area (Å²) in [6.07, 6.45) is 6.39. The fourth-order valence-electron chi connectivity index (χ4n) is 4.23. The van der Waals surface area contributed by atoms with Gasteiger partial charge in [0.05, 0.1) is 12.5 Å². The summed E-state index contributed by atoms with van der Waals surface area (Å²) >= 11 is 6.40. The van der Waals surface area contributed by atoms with Gasteiger partial charge in [0.1, 0.15) is 5.02 Å². The maximum atomic E-state index is 11.8. The molecule has 4 rings (SSSR count). The van der Waals surface area contributed by atoms with Gasteiger partial charge in [-0.25, -0.2) is 18.1 Å². The van der Waals surface area contributed by atoms with E-state index in [1.807, 2.05) is 18.0 Å². The third-order valence-corrected chi connectivity index (χ3v) is 6.91. The minimum Gasteiger partial charge on any atom is -0.383 e. The second-order valence-electron chi connectivity index (χ2n) is 8.40. The van der Waals surface area contributed by atoms with Crippen molar-refractivity contribution >= 4 is 44.8 Å². The van der Waals surface area contributed by atoms with Crippen molar-refractivity contribution in [2.24, 2.45) is 0 Å². The minimum atomic E-state index is -3.30. The van der Waals surface area contributed by atoms with Crippen LogP contribution in [-0.4, -0.2) is 56.9 Å². The molecule has 1 aromatic carbocycles. The number of sulfonamides is 1. The van der Waals surface area contributed by atoms with Crippen molar-refractivity contribution in [1.82, 2.24) is 20.0 Å². The van der Waals surface area contributed by atoms with Gasteiger partial charge >= 0.3 is 0 Å². The molecular weight excluding hydrogens is 450 g/mol. The Morgan fingerprint density at radius 3 is 2.75 bits per heavy atom. The van der Waals surface area contributed by atoms with Crippen LogP contribution in [0.3, 0.4) is 0 Å². The summed E-state index contributed by atoms with van der Waals surface area (Å²) in [5.74, 6) is 1.01. The summed E-state index contributed by atoms with van der Waals surface area (Å²) in [4.78, 5) is 11.0. The van der Waals surface area contributed by atoms with Crippen molar-refractivity contribution < 1.29 is 8.42 Å². The molecule has 11 heteroatoms. The molecule has 0 amide bonds. The number of nitrogens with zero attached hydrogens (tertiary/aromatic N) is 3. The van der Waals surface area contributed by atoms with Crippen molar-refractivity contribution in [2.75, 3.05) is 41.9 Å². The van der Waals surface area contributed by atoms with Crippen molar-refractivity contribution in [1.29, 1.82) is 0 Å². The van der Waals surface area contributed by atoms with Gasteiger partial charge in [-0.2, -0.15) is 4.98 Å². The first-order valence-corrected chi connectivity index (χ1v) is 13.1. The number of fused-ring (bicyclic) bond motifs is 1. The van der Waals surface area contributed by atoms with Gasteiger partial charge in [-0.15, -0.1) is 0 Å². The van der Waals surface area contributed by atoms with E-state index in [-0.39, 0.29) is 12.1 Å². The SMILES string of the molecule is CN(c1ccc2c(c1)NCCNC2)c1ncc(Cl)c(N[C@@H]2CCCC[C@H]2NS(C)(=O)=O)n1. The van der Waals surface area contributed by atoms with E-state index in [0.29, 0.717) is 16.8 Å². The zero-order chi connectivity index (χ0) is 22.7. The van der Waals surface area contributed by atoms with E-state index >= 15 is 0 Å². The topological polar surface area (TPSA) is 111 Å². The molecule has 1 aliphatic carbocycles. The van der Waals surface area contributed by atoms with Gasteiger partial charge in [0.25, 0.3) is 0 Å². The van der Waals surface area contributed by atoms with Crippen LogP contribution in [0.4, 0.5) is 23.1 Å². The van der Waals surface area contributed by atoms with Gasteiger partial charge < -0.3 is 20.9 Å². The van der Waals surface area contributed by atoms with Crippen LogP contribution in [-0.2, 0) is 16.6 Å². The fraction of sp³-hybridized carbons (Fsp3) is 0.524. The molecule has 4 N–H and O–H groups in total. The van der Waals surface area contributed by atoms with Crippen LogP contribution in [0.2, 0.25) is 5.02 Å². The standard InChI is InChI=1S/C21H30ClN7O2S/c1-29(15-8-7-14-12-23-9-10-24-19(14)11-15)21-25-13-16(22)20(27-21)26-17-5-3-4-6-18(17)28-32(2,30)31/h7-8,11,13,17-18,23-24,28H,3-6,9-10,12H2,1-2H3,(H,25,26,27)/t17-,18-/m1/s1. The highest BCUT2D eigenvalue weighted by atomic mass is 35.5. The number of anilines is 4. The third-order valence-electron chi connectivity index (χ3n) is 5.90. The van der Waals surface area contributed by atoms with Crippen LogP contribution in [0.5, 0.6) is 0 Å². The molecule has 2 aromatic rings. The molecule has 1 saturated carbocycles. The second kappa shape index (κ2) is 9.78. The zero-order valence-corrected chi connectivity index (χ0v) is 19.9. The fourth-order valence-corrected chi connectivity index (χ4v) is 5.21. The molecule has 0 saturated heterocycles. The first-order valence-electron chi connectivity index (χ1n) is 10.9. The molecule has 9 nitrogen and oxygen atoms in total. The average Bonchev–Trinajstić information content (AvgIpc) is 3.00. The maximum absolute atomic E-state index is 11.8. The van der Waals surface area contributed by atoms with Gasteiger partial charge in [0, 0.05) is 50.1 Å². The lowest BCUT2D eigenvalue weighted by Crippen LogP contribution is -2.48. The minimum absolute atomic E-state index is 0.0896. The van der Waals surface area contributed by atoms with Crippen LogP contribution < -0.4 is 25.6 Å². The molecule has 174 valence electrons. The third kappa shape index (κ3) is 5.61. The van der Waals surface area contributed by atoms with Gasteiger partial charge in [0.2, 0.25) is 16.0 Å². The monoisotopic (exact) mass is 479 g/mol. The largest absolute Gasteiger partial charge is 0.383 e. The molecular formula is C21H30ClN7O2S. The Balaban J connectivity index is 1.55. The second-order valence-corrected chi connectivity index (χ2v) is 10.6. The van der Waals surface area contributed by atoms with Crippen LogP contribution in [0.1, 0.15) is 31.2 Å². The number of nitrogens with one attached hydrogen (secondary N) is 4. The Kier molecular flexibility index (Phi) is 7.04. The molecule has 2 atom stereocenters. The molecule has 2 heterocycles. The summed E-state index contributed by atoms with van der Waals surface area (Å²) in [5.41, 5.74) is 3.28. The van der Waals surface area contributed by atoms with Crippen LogP contribution in [0, 0.1) is 0 Å². The maximum Gasteiger partial charge on any atom is 0.231 e. The number of hydrogen-bond acceptors (Lipinski definition) is 8. The number of benzene rings is 1. The first-order chi connectivity index (χ1) is 15.3. The predicted octanol–water partition coefficient (Wildman–Crippen LogP) is 2.69. The van der Waals surface area contributed by atoms with Crippen molar-refractivity contribution in [3.63, 3.8) is 0 Å². The smallest absolute Gasteiger partial charge is 0.231 e. The molecule has 2 aliphatic rings. The lowest BCUT2D eigenvalue weighted by Gasteiger charge is -2.33. The van der Waals surface area contributed by atoms with E-state index in [2.05, 4.69) is 42.8 Å². The Labute approximate surface area is 194 Å². The van der Waals surface area contributed by atoms with E-state index < -0.39 is 10.0 Å². The lowest BCUT2D eigenvalue weighted by atomic mass is 9.91. The normalized spacial score (nSPS) is 21.2. The Morgan fingerprint density at radius 1 is 1.19 bits per heavy atom. The summed E-state index contributed by atoms with van der Waals surface area (Å²) in [6.45, 7) is 2.63. The number of halogens is 1. The first kappa shape index (κ1) is 23.0. The summed E-state index contributed by atoms with van der Waals surface area (Å²) < 4.78 is 26.3. The number of aromatic nitrogens is 2. The Bertz CT molecular complexity index is 1070. The molecule has 0 bridgehead atoms. The molecule has 1 fully saturated rings. The van der Waals surface area contributed by atoms with Gasteiger partial charge in [0.15, 0.2) is 5.82 Å². The van der Waals surface area contributed by atoms with Crippen LogP contribution in [0.15, 0.2) is 24.4 Å². The molecule has 1 aliphatic heterocycles. The molecule has 0 radical (unpaired) electrons. The van der Waals surface area contributed by atoms with E-state index in [9.17, 15) is 8.42 Å². The molecule has 1 aromatic heterocycles. The Hall–Kier alpha value is -2.14. The highest BCUT2D eigenvalue weighted by molar-refractivity contribution is 7.88. The van der Waals surface area contributed by atoms with E-state index in [1.54, 1.807) is 6.20 Å². The van der Waals surface area contributed by atoms with E-state index in [0.717, 1.165) is 56.7 Å². The van der Waals surface area contributed by atoms with Gasteiger partial charge in [-0.1, -0.05) is 30.5 Å². The summed E-state index contributed by atoms with van der Waals surface area (Å²) in [5, 5.41) is 10.6. The van der Waals surface area contributed by atoms with Crippen molar-refractivity contribution in [2.45, 2.75) is 44.3 Å². The molecule has 0 spiro atoms. The number of rotatable bonds is 6. The summed E-state index contributed by atoms with van der Waals surface area (Å²) in [7, 11) is -1.39. The zero-order valence-electron chi connectivity index (χ0n) is 18.4. The highest BCUT2D eigenvalue weighted by Crippen LogP contribution is 2.30. The molecule has 0 unspecified atom stereocenters. The van der Waals surface area contributed by atoms with E-state index in [1.165, 1.54) is 11.8 Å².